The fourth-order valence-electron chi connectivity index (χ4n) is 1.10. The van der Waals surface area contributed by atoms with E-state index in [2.05, 4.69) is 13.8 Å². The van der Waals surface area contributed by atoms with Gasteiger partial charge in [-0.2, -0.15) is 0 Å². The molecular formula is C15H26O. The van der Waals surface area contributed by atoms with Crippen LogP contribution >= 0.6 is 0 Å². The van der Waals surface area contributed by atoms with Crippen molar-refractivity contribution in [1.29, 1.82) is 0 Å². The van der Waals surface area contributed by atoms with Gasteiger partial charge in [-0.25, -0.2) is 0 Å². The van der Waals surface area contributed by atoms with Crippen LogP contribution in [0.5, 0.6) is 0 Å². The van der Waals surface area contributed by atoms with E-state index in [1.807, 2.05) is 52.0 Å². The third-order valence-corrected chi connectivity index (χ3v) is 1.98. The number of hydrogen-bond donors (Lipinski definition) is 0. The number of benzene rings is 1. The summed E-state index contributed by atoms with van der Waals surface area (Å²) < 4.78 is 0. The first-order chi connectivity index (χ1) is 7.61. The third kappa shape index (κ3) is 6.39. The monoisotopic (exact) mass is 222 g/mol. The molecule has 1 heteroatoms. The van der Waals surface area contributed by atoms with E-state index in [1.54, 1.807) is 6.92 Å². The fraction of sp³-hybridized carbons (Fsp3) is 0.533. The van der Waals surface area contributed by atoms with Crippen LogP contribution in [0.2, 0.25) is 0 Å². The van der Waals surface area contributed by atoms with E-state index in [0.29, 0.717) is 5.92 Å². The molecule has 0 atom stereocenters. The van der Waals surface area contributed by atoms with Gasteiger partial charge in [-0.05, 0) is 18.4 Å². The summed E-state index contributed by atoms with van der Waals surface area (Å²) in [4.78, 5) is 10.9. The van der Waals surface area contributed by atoms with Gasteiger partial charge in [-0.1, -0.05) is 65.8 Å². The number of carbonyl (C=O) groups is 1. The SMILES string of the molecule is CC.CC.CC(=O)c1ccc(C(C)C)cc1. The zero-order valence-corrected chi connectivity index (χ0v) is 11.8. The first-order valence-corrected chi connectivity index (χ1v) is 6.22. The summed E-state index contributed by atoms with van der Waals surface area (Å²) in [7, 11) is 0. The quantitative estimate of drug-likeness (QED) is 0.639. The molecule has 0 radical (unpaired) electrons. The van der Waals surface area contributed by atoms with Gasteiger partial charge in [0.15, 0.2) is 5.78 Å². The Morgan fingerprint density at radius 1 is 0.938 bits per heavy atom. The summed E-state index contributed by atoms with van der Waals surface area (Å²) in [6, 6.07) is 7.80. The van der Waals surface area contributed by atoms with Gasteiger partial charge in [-0.3, -0.25) is 4.79 Å². The van der Waals surface area contributed by atoms with Gasteiger partial charge in [-0.15, -0.1) is 0 Å². The van der Waals surface area contributed by atoms with E-state index in [4.69, 9.17) is 0 Å². The molecule has 0 heterocycles. The maximum absolute atomic E-state index is 10.9. The Labute approximate surface area is 101 Å². The van der Waals surface area contributed by atoms with Crippen molar-refractivity contribution in [2.45, 2.75) is 54.4 Å². The molecule has 92 valence electrons. The van der Waals surface area contributed by atoms with Crippen molar-refractivity contribution in [1.82, 2.24) is 0 Å². The van der Waals surface area contributed by atoms with Crippen LogP contribution in [0.15, 0.2) is 24.3 Å². The molecule has 1 aromatic rings. The van der Waals surface area contributed by atoms with Crippen molar-refractivity contribution in [3.05, 3.63) is 35.4 Å². The Morgan fingerprint density at radius 2 is 1.31 bits per heavy atom. The molecule has 16 heavy (non-hydrogen) atoms. The average molecular weight is 222 g/mol. The minimum Gasteiger partial charge on any atom is -0.295 e. The fourth-order valence-corrected chi connectivity index (χ4v) is 1.10. The molecule has 0 aliphatic rings. The Balaban J connectivity index is 0. The van der Waals surface area contributed by atoms with Gasteiger partial charge in [0.25, 0.3) is 0 Å². The van der Waals surface area contributed by atoms with Crippen molar-refractivity contribution in [2.24, 2.45) is 0 Å². The van der Waals surface area contributed by atoms with E-state index in [1.165, 1.54) is 5.56 Å². The van der Waals surface area contributed by atoms with Crippen LogP contribution in [0.3, 0.4) is 0 Å². The molecule has 0 spiro atoms. The minimum absolute atomic E-state index is 0.130. The van der Waals surface area contributed by atoms with E-state index >= 15 is 0 Å². The predicted octanol–water partition coefficient (Wildman–Crippen LogP) is 5.07. The zero-order chi connectivity index (χ0) is 13.1. The van der Waals surface area contributed by atoms with Crippen molar-refractivity contribution in [3.63, 3.8) is 0 Å². The number of carbonyl (C=O) groups excluding carboxylic acids is 1. The Kier molecular flexibility index (Phi) is 11.2. The van der Waals surface area contributed by atoms with Crippen LogP contribution in [0, 0.1) is 0 Å². The molecule has 0 unspecified atom stereocenters. The van der Waals surface area contributed by atoms with Crippen LogP contribution in [0.25, 0.3) is 0 Å². The summed E-state index contributed by atoms with van der Waals surface area (Å²) >= 11 is 0. The standard InChI is InChI=1S/C11H14O.2C2H6/c1-8(2)10-4-6-11(7-5-10)9(3)12;2*1-2/h4-8H,1-3H3;2*1-2H3. The lowest BCUT2D eigenvalue weighted by Gasteiger charge is -2.04. The van der Waals surface area contributed by atoms with Crippen LogP contribution < -0.4 is 0 Å². The van der Waals surface area contributed by atoms with Gasteiger partial charge >= 0.3 is 0 Å². The van der Waals surface area contributed by atoms with Crippen LogP contribution in [-0.2, 0) is 0 Å². The van der Waals surface area contributed by atoms with Crippen LogP contribution in [0.1, 0.15) is 70.3 Å². The van der Waals surface area contributed by atoms with E-state index in [9.17, 15) is 4.79 Å². The Bertz CT molecular complexity index is 270. The van der Waals surface area contributed by atoms with Gasteiger partial charge in [0.05, 0.1) is 0 Å². The van der Waals surface area contributed by atoms with E-state index in [0.717, 1.165) is 5.56 Å². The molecule has 1 rings (SSSR count). The molecule has 0 aromatic heterocycles. The summed E-state index contributed by atoms with van der Waals surface area (Å²) in [5, 5.41) is 0. The highest BCUT2D eigenvalue weighted by Gasteiger charge is 2.00. The van der Waals surface area contributed by atoms with Crippen LogP contribution in [-0.4, -0.2) is 5.78 Å². The predicted molar refractivity (Wildman–Crippen MR) is 73.2 cm³/mol. The Morgan fingerprint density at radius 3 is 1.56 bits per heavy atom. The summed E-state index contributed by atoms with van der Waals surface area (Å²) in [5.74, 6) is 0.663. The number of ketones is 1. The lowest BCUT2D eigenvalue weighted by atomic mass is 10.0. The highest BCUT2D eigenvalue weighted by Crippen LogP contribution is 2.14. The second kappa shape index (κ2) is 10.4. The molecule has 1 aromatic carbocycles. The Hall–Kier alpha value is -1.11. The first kappa shape index (κ1) is 17.3. The number of rotatable bonds is 2. The van der Waals surface area contributed by atoms with E-state index in [-0.39, 0.29) is 5.78 Å². The molecular weight excluding hydrogens is 196 g/mol. The average Bonchev–Trinajstić information content (AvgIpc) is 2.34. The maximum Gasteiger partial charge on any atom is 0.159 e. The normalized spacial score (nSPS) is 8.50. The van der Waals surface area contributed by atoms with Crippen molar-refractivity contribution < 1.29 is 4.79 Å². The molecule has 0 aliphatic carbocycles. The van der Waals surface area contributed by atoms with E-state index < -0.39 is 0 Å². The molecule has 0 saturated heterocycles. The second-order valence-corrected chi connectivity index (χ2v) is 3.33. The third-order valence-electron chi connectivity index (χ3n) is 1.98. The highest BCUT2D eigenvalue weighted by molar-refractivity contribution is 5.94. The highest BCUT2D eigenvalue weighted by atomic mass is 16.1. The largest absolute Gasteiger partial charge is 0.295 e. The molecule has 0 saturated carbocycles. The smallest absolute Gasteiger partial charge is 0.159 e. The lowest BCUT2D eigenvalue weighted by Crippen LogP contribution is -1.93. The topological polar surface area (TPSA) is 17.1 Å². The molecule has 0 aliphatic heterocycles. The van der Waals surface area contributed by atoms with Gasteiger partial charge in [0.2, 0.25) is 0 Å². The van der Waals surface area contributed by atoms with Crippen molar-refractivity contribution in [3.8, 4) is 0 Å². The van der Waals surface area contributed by atoms with Gasteiger partial charge in [0, 0.05) is 5.56 Å². The van der Waals surface area contributed by atoms with Crippen LogP contribution in [0.4, 0.5) is 0 Å². The molecule has 0 fully saturated rings. The summed E-state index contributed by atoms with van der Waals surface area (Å²) in [6.45, 7) is 13.9. The summed E-state index contributed by atoms with van der Waals surface area (Å²) in [6.07, 6.45) is 0. The lowest BCUT2D eigenvalue weighted by molar-refractivity contribution is 0.101. The first-order valence-electron chi connectivity index (χ1n) is 6.22. The number of hydrogen-bond acceptors (Lipinski definition) is 1. The van der Waals surface area contributed by atoms with Crippen molar-refractivity contribution in [2.75, 3.05) is 0 Å². The zero-order valence-electron chi connectivity index (χ0n) is 11.8. The minimum atomic E-state index is 0.130. The molecule has 0 bridgehead atoms. The van der Waals surface area contributed by atoms with Gasteiger partial charge in [0.1, 0.15) is 0 Å². The number of Topliss-reactive ketones (excluding diaryl/α,β-unsaturated/α-hetero) is 1. The molecule has 1 nitrogen and oxygen atoms in total. The molecule has 0 N–H and O–H groups in total. The molecule has 0 amide bonds. The maximum atomic E-state index is 10.9. The summed E-state index contributed by atoms with van der Waals surface area (Å²) in [5.41, 5.74) is 2.07. The second-order valence-electron chi connectivity index (χ2n) is 3.33. The van der Waals surface area contributed by atoms with Gasteiger partial charge < -0.3 is 0 Å². The van der Waals surface area contributed by atoms with Crippen molar-refractivity contribution >= 4 is 5.78 Å².